The predicted octanol–water partition coefficient (Wildman–Crippen LogP) is 1.60. The molecule has 8 heteroatoms. The number of nitrogens with one attached hydrogen (secondary N) is 2. The first-order chi connectivity index (χ1) is 10.7. The van der Waals surface area contributed by atoms with Crippen molar-refractivity contribution in [2.45, 2.75) is 19.9 Å². The molecule has 0 bridgehead atoms. The fraction of sp³-hybridized carbons (Fsp3) is 0.429. The Bertz CT molecular complexity index is 714. The lowest BCUT2D eigenvalue weighted by atomic mass is 10.3. The van der Waals surface area contributed by atoms with Crippen LogP contribution in [-0.2, 0) is 4.74 Å². The SMILES string of the molecule is CCNc1nc(Nc2cn(C3COC3)nc2C)ncc1C#N. The molecular weight excluding hydrogens is 282 g/mol. The third-order valence-corrected chi connectivity index (χ3v) is 3.41. The summed E-state index contributed by atoms with van der Waals surface area (Å²) in [6.07, 6.45) is 3.43. The molecule has 2 aromatic rings. The summed E-state index contributed by atoms with van der Waals surface area (Å²) in [5.74, 6) is 0.961. The van der Waals surface area contributed by atoms with Crippen molar-refractivity contribution < 1.29 is 4.74 Å². The Morgan fingerprint density at radius 1 is 1.50 bits per heavy atom. The van der Waals surface area contributed by atoms with Gasteiger partial charge in [0, 0.05) is 12.7 Å². The number of nitrogens with zero attached hydrogens (tertiary/aromatic N) is 5. The first-order valence-corrected chi connectivity index (χ1v) is 7.12. The van der Waals surface area contributed by atoms with Crippen molar-refractivity contribution in [1.29, 1.82) is 5.26 Å². The summed E-state index contributed by atoms with van der Waals surface area (Å²) in [5.41, 5.74) is 2.13. The molecule has 1 fully saturated rings. The molecule has 1 saturated heterocycles. The molecule has 0 aromatic carbocycles. The second-order valence-electron chi connectivity index (χ2n) is 5.02. The topological polar surface area (TPSA) is 101 Å². The maximum atomic E-state index is 9.05. The van der Waals surface area contributed by atoms with Crippen molar-refractivity contribution in [3.63, 3.8) is 0 Å². The first kappa shape index (κ1) is 14.3. The number of aromatic nitrogens is 4. The van der Waals surface area contributed by atoms with Crippen molar-refractivity contribution in [3.8, 4) is 6.07 Å². The Kier molecular flexibility index (Phi) is 3.89. The smallest absolute Gasteiger partial charge is 0.229 e. The van der Waals surface area contributed by atoms with Gasteiger partial charge in [0.2, 0.25) is 5.95 Å². The molecule has 3 rings (SSSR count). The minimum Gasteiger partial charge on any atom is -0.377 e. The second kappa shape index (κ2) is 5.99. The van der Waals surface area contributed by atoms with E-state index in [9.17, 15) is 0 Å². The lowest BCUT2D eigenvalue weighted by Gasteiger charge is -2.25. The molecule has 2 aromatic heterocycles. The van der Waals surface area contributed by atoms with Crippen molar-refractivity contribution in [2.75, 3.05) is 30.4 Å². The number of aryl methyl sites for hydroxylation is 1. The van der Waals surface area contributed by atoms with E-state index in [1.54, 1.807) is 0 Å². The molecular formula is C14H17N7O. The van der Waals surface area contributed by atoms with Gasteiger partial charge in [-0.3, -0.25) is 4.68 Å². The van der Waals surface area contributed by atoms with E-state index in [0.29, 0.717) is 43.1 Å². The van der Waals surface area contributed by atoms with Crippen LogP contribution in [-0.4, -0.2) is 39.5 Å². The molecule has 0 radical (unpaired) electrons. The Morgan fingerprint density at radius 2 is 2.32 bits per heavy atom. The average Bonchev–Trinajstić information content (AvgIpc) is 2.78. The van der Waals surface area contributed by atoms with Crippen molar-refractivity contribution >= 4 is 17.5 Å². The second-order valence-corrected chi connectivity index (χ2v) is 5.02. The molecule has 2 N–H and O–H groups in total. The third-order valence-electron chi connectivity index (χ3n) is 3.41. The summed E-state index contributed by atoms with van der Waals surface area (Å²) >= 11 is 0. The minimum atomic E-state index is 0.299. The molecule has 0 atom stereocenters. The number of hydrogen-bond acceptors (Lipinski definition) is 7. The van der Waals surface area contributed by atoms with Gasteiger partial charge >= 0.3 is 0 Å². The first-order valence-electron chi connectivity index (χ1n) is 7.12. The summed E-state index contributed by atoms with van der Waals surface area (Å²) < 4.78 is 7.08. The van der Waals surface area contributed by atoms with Crippen LogP contribution in [0.5, 0.6) is 0 Å². The maximum Gasteiger partial charge on any atom is 0.229 e. The number of hydrogen-bond donors (Lipinski definition) is 2. The Morgan fingerprint density at radius 3 is 2.95 bits per heavy atom. The highest BCUT2D eigenvalue weighted by Crippen LogP contribution is 2.23. The highest BCUT2D eigenvalue weighted by molar-refractivity contribution is 5.59. The lowest BCUT2D eigenvalue weighted by molar-refractivity contribution is -0.0287. The van der Waals surface area contributed by atoms with Crippen molar-refractivity contribution in [3.05, 3.63) is 23.7 Å². The van der Waals surface area contributed by atoms with Gasteiger partial charge in [0.1, 0.15) is 17.5 Å². The lowest BCUT2D eigenvalue weighted by Crippen LogP contribution is -2.30. The van der Waals surface area contributed by atoms with Gasteiger partial charge in [-0.15, -0.1) is 0 Å². The highest BCUT2D eigenvalue weighted by Gasteiger charge is 2.22. The molecule has 22 heavy (non-hydrogen) atoms. The van der Waals surface area contributed by atoms with Crippen LogP contribution in [0.1, 0.15) is 24.2 Å². The summed E-state index contributed by atoms with van der Waals surface area (Å²) in [7, 11) is 0. The van der Waals surface area contributed by atoms with Crippen LogP contribution in [0.2, 0.25) is 0 Å². The molecule has 1 aliphatic heterocycles. The van der Waals surface area contributed by atoms with Gasteiger partial charge in [-0.05, 0) is 13.8 Å². The van der Waals surface area contributed by atoms with Gasteiger partial charge in [0.05, 0.1) is 36.8 Å². The van der Waals surface area contributed by atoms with Crippen LogP contribution < -0.4 is 10.6 Å². The van der Waals surface area contributed by atoms with Crippen LogP contribution in [0.3, 0.4) is 0 Å². The van der Waals surface area contributed by atoms with Crippen LogP contribution in [0.25, 0.3) is 0 Å². The summed E-state index contributed by atoms with van der Waals surface area (Å²) in [5, 5.41) is 19.7. The summed E-state index contributed by atoms with van der Waals surface area (Å²) in [6.45, 7) is 5.94. The third kappa shape index (κ3) is 2.71. The molecule has 0 spiro atoms. The van der Waals surface area contributed by atoms with E-state index in [4.69, 9.17) is 10.00 Å². The molecule has 114 valence electrons. The Hall–Kier alpha value is -2.66. The van der Waals surface area contributed by atoms with E-state index < -0.39 is 0 Å². The zero-order chi connectivity index (χ0) is 15.5. The summed E-state index contributed by atoms with van der Waals surface area (Å²) in [4.78, 5) is 8.51. The number of nitriles is 1. The molecule has 0 unspecified atom stereocenters. The van der Waals surface area contributed by atoms with E-state index in [0.717, 1.165) is 11.4 Å². The zero-order valence-corrected chi connectivity index (χ0v) is 12.5. The standard InChI is InChI=1S/C14H17N7O/c1-3-16-13-10(4-15)5-17-14(19-13)18-12-6-21(20-9(12)2)11-7-22-8-11/h5-6,11H,3,7-8H2,1-2H3,(H2,16,17,18,19). The largest absolute Gasteiger partial charge is 0.377 e. The number of anilines is 3. The normalized spacial score (nSPS) is 14.2. The fourth-order valence-corrected chi connectivity index (χ4v) is 2.11. The quantitative estimate of drug-likeness (QED) is 0.864. The predicted molar refractivity (Wildman–Crippen MR) is 81.0 cm³/mol. The van der Waals surface area contributed by atoms with E-state index in [1.165, 1.54) is 6.20 Å². The van der Waals surface area contributed by atoms with E-state index >= 15 is 0 Å². The molecule has 3 heterocycles. The molecule has 8 nitrogen and oxygen atoms in total. The van der Waals surface area contributed by atoms with Gasteiger partial charge < -0.3 is 15.4 Å². The minimum absolute atomic E-state index is 0.299. The molecule has 0 amide bonds. The van der Waals surface area contributed by atoms with Crippen LogP contribution in [0.15, 0.2) is 12.4 Å². The average molecular weight is 299 g/mol. The van der Waals surface area contributed by atoms with Gasteiger partial charge in [0.15, 0.2) is 0 Å². The Balaban J connectivity index is 1.82. The van der Waals surface area contributed by atoms with Crippen LogP contribution in [0.4, 0.5) is 17.5 Å². The van der Waals surface area contributed by atoms with Crippen molar-refractivity contribution in [2.24, 2.45) is 0 Å². The van der Waals surface area contributed by atoms with Crippen LogP contribution in [0, 0.1) is 18.3 Å². The fourth-order valence-electron chi connectivity index (χ4n) is 2.11. The van der Waals surface area contributed by atoms with Crippen LogP contribution >= 0.6 is 0 Å². The molecule has 0 aliphatic carbocycles. The molecule has 0 saturated carbocycles. The Labute approximate surface area is 128 Å². The van der Waals surface area contributed by atoms with Crippen molar-refractivity contribution in [1.82, 2.24) is 19.7 Å². The van der Waals surface area contributed by atoms with E-state index in [-0.39, 0.29) is 0 Å². The van der Waals surface area contributed by atoms with Gasteiger partial charge in [-0.25, -0.2) is 4.98 Å². The number of ether oxygens (including phenoxy) is 1. The van der Waals surface area contributed by atoms with E-state index in [2.05, 4.69) is 31.8 Å². The zero-order valence-electron chi connectivity index (χ0n) is 12.5. The molecule has 1 aliphatic rings. The summed E-state index contributed by atoms with van der Waals surface area (Å²) in [6, 6.07) is 2.37. The monoisotopic (exact) mass is 299 g/mol. The van der Waals surface area contributed by atoms with E-state index in [1.807, 2.05) is 24.7 Å². The van der Waals surface area contributed by atoms with Gasteiger partial charge in [0.25, 0.3) is 0 Å². The maximum absolute atomic E-state index is 9.05. The van der Waals surface area contributed by atoms with Gasteiger partial charge in [-0.1, -0.05) is 0 Å². The van der Waals surface area contributed by atoms with Gasteiger partial charge in [-0.2, -0.15) is 15.3 Å². The number of rotatable bonds is 5. The highest BCUT2D eigenvalue weighted by atomic mass is 16.5.